The molecule has 0 spiro atoms. The van der Waals surface area contributed by atoms with E-state index in [9.17, 15) is 9.90 Å². The van der Waals surface area contributed by atoms with E-state index in [1.54, 1.807) is 0 Å². The van der Waals surface area contributed by atoms with Crippen LogP contribution in [0.4, 0.5) is 0 Å². The van der Waals surface area contributed by atoms with Crippen LogP contribution in [0.2, 0.25) is 0 Å². The van der Waals surface area contributed by atoms with Crippen molar-refractivity contribution in [3.63, 3.8) is 0 Å². The number of hydrogen-bond acceptors (Lipinski definition) is 3. The molecule has 1 heterocycles. The molecule has 2 rings (SSSR count). The average Bonchev–Trinajstić information content (AvgIpc) is 2.32. The second-order valence-corrected chi connectivity index (χ2v) is 5.64. The minimum atomic E-state index is -0.698. The van der Waals surface area contributed by atoms with Crippen LogP contribution in [-0.2, 0) is 4.79 Å². The van der Waals surface area contributed by atoms with Crippen molar-refractivity contribution in [2.75, 3.05) is 13.1 Å². The lowest BCUT2D eigenvalue weighted by Gasteiger charge is -2.38. The fourth-order valence-corrected chi connectivity index (χ4v) is 3.22. The zero-order chi connectivity index (χ0) is 12.3. The molecule has 0 aromatic rings. The van der Waals surface area contributed by atoms with E-state index in [4.69, 9.17) is 5.73 Å². The molecule has 2 fully saturated rings. The molecule has 0 unspecified atom stereocenters. The van der Waals surface area contributed by atoms with Gasteiger partial charge in [0.2, 0.25) is 0 Å². The lowest BCUT2D eigenvalue weighted by molar-refractivity contribution is -0.145. The van der Waals surface area contributed by atoms with Crippen LogP contribution in [0.5, 0.6) is 0 Å². The molecule has 0 aromatic carbocycles. The van der Waals surface area contributed by atoms with Gasteiger partial charge in [-0.1, -0.05) is 19.3 Å². The molecule has 1 saturated carbocycles. The number of carboxylic acids is 1. The van der Waals surface area contributed by atoms with Crippen molar-refractivity contribution in [2.24, 2.45) is 11.7 Å². The second kappa shape index (κ2) is 5.83. The number of nitrogens with zero attached hydrogens (tertiary/aromatic N) is 1. The minimum Gasteiger partial charge on any atom is -0.480 e. The summed E-state index contributed by atoms with van der Waals surface area (Å²) in [4.78, 5) is 13.4. The Morgan fingerprint density at radius 2 is 1.94 bits per heavy atom. The lowest BCUT2D eigenvalue weighted by atomic mass is 9.87. The number of aliphatic carboxylic acids is 1. The summed E-state index contributed by atoms with van der Waals surface area (Å²) in [6.45, 7) is 1.82. The highest BCUT2D eigenvalue weighted by molar-refractivity contribution is 5.73. The number of likely N-dealkylation sites (tertiary alicyclic amines) is 1. The Hall–Kier alpha value is -0.610. The Labute approximate surface area is 103 Å². The summed E-state index contributed by atoms with van der Waals surface area (Å²) in [6, 6.07) is -0.278. The van der Waals surface area contributed by atoms with E-state index in [1.807, 2.05) is 0 Å². The first-order valence-corrected chi connectivity index (χ1v) is 6.89. The molecule has 4 nitrogen and oxygen atoms in total. The van der Waals surface area contributed by atoms with E-state index in [1.165, 1.54) is 32.1 Å². The Bertz CT molecular complexity index is 264. The molecule has 0 amide bonds. The van der Waals surface area contributed by atoms with Crippen LogP contribution in [-0.4, -0.2) is 41.1 Å². The van der Waals surface area contributed by atoms with Crippen LogP contribution in [0, 0.1) is 5.92 Å². The van der Waals surface area contributed by atoms with Gasteiger partial charge in [-0.05, 0) is 31.6 Å². The normalized spacial score (nSPS) is 32.5. The van der Waals surface area contributed by atoms with Crippen molar-refractivity contribution in [2.45, 2.75) is 57.0 Å². The van der Waals surface area contributed by atoms with Crippen LogP contribution in [0.15, 0.2) is 0 Å². The molecule has 0 aromatic heterocycles. The van der Waals surface area contributed by atoms with Crippen LogP contribution >= 0.6 is 0 Å². The number of nitrogens with two attached hydrogens (primary N) is 1. The van der Waals surface area contributed by atoms with Gasteiger partial charge in [-0.25, -0.2) is 0 Å². The van der Waals surface area contributed by atoms with E-state index >= 15 is 0 Å². The number of hydrogen-bond donors (Lipinski definition) is 2. The quantitative estimate of drug-likeness (QED) is 0.783. The van der Waals surface area contributed by atoms with Gasteiger partial charge in [0.1, 0.15) is 6.04 Å². The SMILES string of the molecule is N[C@@H]1CCN(CC2CCCCC2)[C@H](C(=O)O)C1. The van der Waals surface area contributed by atoms with Crippen LogP contribution in [0.3, 0.4) is 0 Å². The van der Waals surface area contributed by atoms with Crippen LogP contribution < -0.4 is 5.73 Å². The molecule has 3 N–H and O–H groups in total. The van der Waals surface area contributed by atoms with Gasteiger partial charge < -0.3 is 10.8 Å². The highest BCUT2D eigenvalue weighted by Gasteiger charge is 2.33. The predicted molar refractivity (Wildman–Crippen MR) is 66.8 cm³/mol. The third-order valence-corrected chi connectivity index (χ3v) is 4.26. The van der Waals surface area contributed by atoms with Gasteiger partial charge in [0, 0.05) is 19.1 Å². The van der Waals surface area contributed by atoms with E-state index in [0.717, 1.165) is 19.5 Å². The molecule has 1 saturated heterocycles. The van der Waals surface area contributed by atoms with Gasteiger partial charge in [0.05, 0.1) is 0 Å². The summed E-state index contributed by atoms with van der Waals surface area (Å²) >= 11 is 0. The van der Waals surface area contributed by atoms with Crippen molar-refractivity contribution in [1.82, 2.24) is 4.90 Å². The molecular formula is C13H24N2O2. The van der Waals surface area contributed by atoms with Gasteiger partial charge in [-0.3, -0.25) is 9.69 Å². The monoisotopic (exact) mass is 240 g/mol. The topological polar surface area (TPSA) is 66.6 Å². The van der Waals surface area contributed by atoms with Gasteiger partial charge in [0.15, 0.2) is 0 Å². The highest BCUT2D eigenvalue weighted by atomic mass is 16.4. The van der Waals surface area contributed by atoms with Gasteiger partial charge >= 0.3 is 5.97 Å². The molecule has 0 radical (unpaired) electrons. The molecule has 4 heteroatoms. The smallest absolute Gasteiger partial charge is 0.320 e. The number of rotatable bonds is 3. The fraction of sp³-hybridized carbons (Fsp3) is 0.923. The summed E-state index contributed by atoms with van der Waals surface area (Å²) in [5.74, 6) is 0.0101. The molecule has 2 aliphatic rings. The number of piperidine rings is 1. The van der Waals surface area contributed by atoms with Crippen LogP contribution in [0.1, 0.15) is 44.9 Å². The Balaban J connectivity index is 1.90. The summed E-state index contributed by atoms with van der Waals surface area (Å²) in [6.07, 6.45) is 8.08. The van der Waals surface area contributed by atoms with E-state index in [2.05, 4.69) is 4.90 Å². The van der Waals surface area contributed by atoms with Crippen LogP contribution in [0.25, 0.3) is 0 Å². The molecular weight excluding hydrogens is 216 g/mol. The first-order valence-electron chi connectivity index (χ1n) is 6.89. The van der Waals surface area contributed by atoms with E-state index in [-0.39, 0.29) is 12.1 Å². The zero-order valence-electron chi connectivity index (χ0n) is 10.5. The number of carboxylic acid groups (broad SMARTS) is 1. The van der Waals surface area contributed by atoms with E-state index in [0.29, 0.717) is 12.3 Å². The largest absolute Gasteiger partial charge is 0.480 e. The summed E-state index contributed by atoms with van der Waals surface area (Å²) < 4.78 is 0. The van der Waals surface area contributed by atoms with Gasteiger partial charge in [-0.2, -0.15) is 0 Å². The maximum atomic E-state index is 11.3. The van der Waals surface area contributed by atoms with Gasteiger partial charge in [-0.15, -0.1) is 0 Å². The molecule has 98 valence electrons. The molecule has 0 bridgehead atoms. The molecule has 17 heavy (non-hydrogen) atoms. The average molecular weight is 240 g/mol. The maximum absolute atomic E-state index is 11.3. The van der Waals surface area contributed by atoms with Gasteiger partial charge in [0.25, 0.3) is 0 Å². The van der Waals surface area contributed by atoms with Crippen molar-refractivity contribution in [3.8, 4) is 0 Å². The fourth-order valence-electron chi connectivity index (χ4n) is 3.22. The third-order valence-electron chi connectivity index (χ3n) is 4.26. The Morgan fingerprint density at radius 3 is 2.59 bits per heavy atom. The number of carbonyl (C=O) groups is 1. The van der Waals surface area contributed by atoms with Crippen molar-refractivity contribution >= 4 is 5.97 Å². The summed E-state index contributed by atoms with van der Waals surface area (Å²) in [5.41, 5.74) is 5.87. The first kappa shape index (κ1) is 12.8. The molecule has 2 atom stereocenters. The van der Waals surface area contributed by atoms with Crippen molar-refractivity contribution in [1.29, 1.82) is 0 Å². The Kier molecular flexibility index (Phi) is 4.40. The third kappa shape index (κ3) is 3.42. The van der Waals surface area contributed by atoms with Crippen molar-refractivity contribution < 1.29 is 9.90 Å². The minimum absolute atomic E-state index is 0.0682. The Morgan fingerprint density at radius 1 is 1.24 bits per heavy atom. The van der Waals surface area contributed by atoms with E-state index < -0.39 is 5.97 Å². The lowest BCUT2D eigenvalue weighted by Crippen LogP contribution is -2.52. The summed E-state index contributed by atoms with van der Waals surface area (Å²) in [7, 11) is 0. The highest BCUT2D eigenvalue weighted by Crippen LogP contribution is 2.27. The standard InChI is InChI=1S/C13H24N2O2/c14-11-6-7-15(12(8-11)13(16)17)9-10-4-2-1-3-5-10/h10-12H,1-9,14H2,(H,16,17)/t11-,12+/m1/s1. The predicted octanol–water partition coefficient (Wildman–Crippen LogP) is 1.44. The maximum Gasteiger partial charge on any atom is 0.320 e. The molecule has 1 aliphatic heterocycles. The van der Waals surface area contributed by atoms with Crippen molar-refractivity contribution in [3.05, 3.63) is 0 Å². The summed E-state index contributed by atoms with van der Waals surface area (Å²) in [5, 5.41) is 9.26. The molecule has 1 aliphatic carbocycles. The first-order chi connectivity index (χ1) is 8.16. The zero-order valence-corrected chi connectivity index (χ0v) is 10.5. The second-order valence-electron chi connectivity index (χ2n) is 5.64.